The number of Topliss-reactive ketones (excluding diaryl/α,β-unsaturated/α-hetero) is 1. The Morgan fingerprint density at radius 2 is 2.11 bits per heavy atom. The van der Waals surface area contributed by atoms with Crippen LogP contribution in [0.15, 0.2) is 0 Å². The molecule has 1 fully saturated rings. The molecule has 0 saturated carbocycles. The average molecular weight is 270 g/mol. The highest BCUT2D eigenvalue weighted by molar-refractivity contribution is 6.04. The molecule has 0 radical (unpaired) electrons. The Balaban J connectivity index is 2.73. The smallest absolute Gasteiger partial charge is 0.317 e. The van der Waals surface area contributed by atoms with Gasteiger partial charge in [0.25, 0.3) is 0 Å². The van der Waals surface area contributed by atoms with Gasteiger partial charge in [0.15, 0.2) is 5.78 Å². The Labute approximate surface area is 113 Å². The summed E-state index contributed by atoms with van der Waals surface area (Å²) in [6.45, 7) is 5.45. The number of carbonyl (C=O) groups is 3. The van der Waals surface area contributed by atoms with Crippen LogP contribution >= 0.6 is 0 Å². The first-order valence-electron chi connectivity index (χ1n) is 6.50. The predicted octanol–water partition coefficient (Wildman–Crippen LogP) is 0.141. The molecule has 1 saturated heterocycles. The van der Waals surface area contributed by atoms with Gasteiger partial charge in [-0.05, 0) is 40.2 Å². The molecule has 1 aliphatic rings. The molecule has 0 bridgehead atoms. The van der Waals surface area contributed by atoms with E-state index in [1.165, 1.54) is 0 Å². The van der Waals surface area contributed by atoms with Gasteiger partial charge >= 0.3 is 5.97 Å². The molecule has 108 valence electrons. The molecule has 0 aromatic rings. The Kier molecular flexibility index (Phi) is 5.05. The van der Waals surface area contributed by atoms with Crippen LogP contribution in [0.3, 0.4) is 0 Å². The van der Waals surface area contributed by atoms with E-state index in [0.717, 1.165) is 0 Å². The van der Waals surface area contributed by atoms with E-state index in [1.807, 2.05) is 0 Å². The van der Waals surface area contributed by atoms with Crippen molar-refractivity contribution in [3.8, 4) is 0 Å². The molecule has 19 heavy (non-hydrogen) atoms. The van der Waals surface area contributed by atoms with Crippen LogP contribution < -0.4 is 11.1 Å². The summed E-state index contributed by atoms with van der Waals surface area (Å²) in [5.74, 6) is -1.92. The van der Waals surface area contributed by atoms with Crippen LogP contribution in [0.1, 0.15) is 40.0 Å². The van der Waals surface area contributed by atoms with E-state index in [4.69, 9.17) is 10.5 Å². The first kappa shape index (κ1) is 15.6. The van der Waals surface area contributed by atoms with Gasteiger partial charge in [-0.25, -0.2) is 0 Å². The van der Waals surface area contributed by atoms with Crippen molar-refractivity contribution in [1.82, 2.24) is 5.32 Å². The average Bonchev–Trinajstić information content (AvgIpc) is 2.69. The number of hydrogen-bond donors (Lipinski definition) is 2. The second-order valence-corrected chi connectivity index (χ2v) is 5.72. The van der Waals surface area contributed by atoms with Crippen LogP contribution in [0.2, 0.25) is 0 Å². The van der Waals surface area contributed by atoms with Gasteiger partial charge in [0.1, 0.15) is 11.5 Å². The summed E-state index contributed by atoms with van der Waals surface area (Å²) < 4.78 is 5.23. The molecule has 1 rings (SSSR count). The molecule has 6 heteroatoms. The van der Waals surface area contributed by atoms with Gasteiger partial charge in [-0.2, -0.15) is 0 Å². The van der Waals surface area contributed by atoms with E-state index in [2.05, 4.69) is 5.32 Å². The molecule has 0 aromatic carbocycles. The highest BCUT2D eigenvalue weighted by Gasteiger charge is 2.37. The maximum Gasteiger partial charge on any atom is 0.317 e. The summed E-state index contributed by atoms with van der Waals surface area (Å²) in [6, 6.07) is -0.587. The summed E-state index contributed by atoms with van der Waals surface area (Å²) in [5.41, 5.74) is 4.80. The van der Waals surface area contributed by atoms with Crippen molar-refractivity contribution < 1.29 is 19.1 Å². The molecule has 0 aliphatic carbocycles. The maximum atomic E-state index is 12.2. The highest BCUT2D eigenvalue weighted by atomic mass is 16.6. The third-order valence-corrected chi connectivity index (χ3v) is 2.83. The van der Waals surface area contributed by atoms with E-state index in [9.17, 15) is 14.4 Å². The fourth-order valence-corrected chi connectivity index (χ4v) is 1.99. The van der Waals surface area contributed by atoms with Gasteiger partial charge in [-0.1, -0.05) is 0 Å². The lowest BCUT2D eigenvalue weighted by molar-refractivity contribution is -0.162. The molecule has 1 aliphatic heterocycles. The van der Waals surface area contributed by atoms with E-state index >= 15 is 0 Å². The minimum atomic E-state index is -0.896. The number of nitrogens with one attached hydrogen (secondary N) is 1. The van der Waals surface area contributed by atoms with Crippen molar-refractivity contribution >= 4 is 17.7 Å². The van der Waals surface area contributed by atoms with Crippen molar-refractivity contribution in [1.29, 1.82) is 0 Å². The number of esters is 1. The van der Waals surface area contributed by atoms with Crippen LogP contribution in [-0.2, 0) is 19.1 Å². The molecule has 2 atom stereocenters. The topological polar surface area (TPSA) is 98.5 Å². The Morgan fingerprint density at radius 3 is 2.53 bits per heavy atom. The number of amides is 1. The monoisotopic (exact) mass is 270 g/mol. The molecule has 3 N–H and O–H groups in total. The SMILES string of the molecule is CC(C)(C)OC(=O)C(CCN)C(=O)[C@@H]1CCC(=O)N1. The lowest BCUT2D eigenvalue weighted by Crippen LogP contribution is -2.43. The standard InChI is InChI=1S/C13H22N2O4/c1-13(2,3)19-12(18)8(6-7-14)11(17)9-4-5-10(16)15-9/h8-9H,4-7,14H2,1-3H3,(H,15,16)/t8?,9-/m0/s1. The van der Waals surface area contributed by atoms with Crippen LogP contribution in [0.5, 0.6) is 0 Å². The molecule has 1 heterocycles. The number of nitrogens with two attached hydrogens (primary N) is 1. The van der Waals surface area contributed by atoms with E-state index in [-0.39, 0.29) is 24.7 Å². The van der Waals surface area contributed by atoms with Gasteiger partial charge in [0, 0.05) is 6.42 Å². The van der Waals surface area contributed by atoms with Crippen LogP contribution in [0.4, 0.5) is 0 Å². The molecule has 1 amide bonds. The van der Waals surface area contributed by atoms with Crippen molar-refractivity contribution in [3.63, 3.8) is 0 Å². The molecule has 6 nitrogen and oxygen atoms in total. The van der Waals surface area contributed by atoms with Crippen molar-refractivity contribution in [2.24, 2.45) is 11.7 Å². The molecule has 1 unspecified atom stereocenters. The number of rotatable bonds is 5. The maximum absolute atomic E-state index is 12.2. The van der Waals surface area contributed by atoms with E-state index in [0.29, 0.717) is 12.8 Å². The van der Waals surface area contributed by atoms with E-state index < -0.39 is 23.5 Å². The third-order valence-electron chi connectivity index (χ3n) is 2.83. The van der Waals surface area contributed by atoms with Gasteiger partial charge in [0.05, 0.1) is 6.04 Å². The van der Waals surface area contributed by atoms with Crippen molar-refractivity contribution in [3.05, 3.63) is 0 Å². The van der Waals surface area contributed by atoms with Crippen molar-refractivity contribution in [2.45, 2.75) is 51.7 Å². The van der Waals surface area contributed by atoms with Gasteiger partial charge < -0.3 is 15.8 Å². The quantitative estimate of drug-likeness (QED) is 0.547. The first-order chi connectivity index (χ1) is 8.74. The largest absolute Gasteiger partial charge is 0.459 e. The number of carbonyl (C=O) groups excluding carboxylic acids is 3. The fourth-order valence-electron chi connectivity index (χ4n) is 1.99. The van der Waals surface area contributed by atoms with Crippen molar-refractivity contribution in [2.75, 3.05) is 6.54 Å². The molecule has 0 spiro atoms. The zero-order valence-electron chi connectivity index (χ0n) is 11.7. The van der Waals surface area contributed by atoms with Crippen LogP contribution in [0.25, 0.3) is 0 Å². The van der Waals surface area contributed by atoms with E-state index in [1.54, 1.807) is 20.8 Å². The lowest BCUT2D eigenvalue weighted by Gasteiger charge is -2.24. The summed E-state index contributed by atoms with van der Waals surface area (Å²) in [7, 11) is 0. The highest BCUT2D eigenvalue weighted by Crippen LogP contribution is 2.19. The Hall–Kier alpha value is -1.43. The number of hydrogen-bond acceptors (Lipinski definition) is 5. The second-order valence-electron chi connectivity index (χ2n) is 5.72. The van der Waals surface area contributed by atoms with Gasteiger partial charge in [0.2, 0.25) is 5.91 Å². The normalized spacial score (nSPS) is 20.8. The summed E-state index contributed by atoms with van der Waals surface area (Å²) in [5, 5.41) is 2.57. The predicted molar refractivity (Wildman–Crippen MR) is 69.2 cm³/mol. The Bertz CT molecular complexity index is 373. The second kappa shape index (κ2) is 6.14. The molecular weight excluding hydrogens is 248 g/mol. The first-order valence-corrected chi connectivity index (χ1v) is 6.50. The molecule has 0 aromatic heterocycles. The lowest BCUT2D eigenvalue weighted by atomic mass is 9.93. The number of ether oxygens (including phenoxy) is 1. The van der Waals surface area contributed by atoms with Gasteiger partial charge in [-0.3, -0.25) is 14.4 Å². The van der Waals surface area contributed by atoms with Crippen LogP contribution in [-0.4, -0.2) is 35.8 Å². The van der Waals surface area contributed by atoms with Crippen LogP contribution in [0, 0.1) is 5.92 Å². The fraction of sp³-hybridized carbons (Fsp3) is 0.769. The minimum absolute atomic E-state index is 0.158. The van der Waals surface area contributed by atoms with Gasteiger partial charge in [-0.15, -0.1) is 0 Å². The molecular formula is C13H22N2O4. The summed E-state index contributed by atoms with van der Waals surface area (Å²) in [4.78, 5) is 35.4. The summed E-state index contributed by atoms with van der Waals surface area (Å²) in [6.07, 6.45) is 0.988. The minimum Gasteiger partial charge on any atom is -0.459 e. The zero-order valence-corrected chi connectivity index (χ0v) is 11.7. The Morgan fingerprint density at radius 1 is 1.47 bits per heavy atom. The third kappa shape index (κ3) is 4.63. The summed E-state index contributed by atoms with van der Waals surface area (Å²) >= 11 is 0. The zero-order chi connectivity index (χ0) is 14.6. The number of ketones is 1.